The van der Waals surface area contributed by atoms with Crippen LogP contribution in [0.2, 0.25) is 0 Å². The van der Waals surface area contributed by atoms with Crippen molar-refractivity contribution in [2.24, 2.45) is 0 Å². The van der Waals surface area contributed by atoms with Gasteiger partial charge in [0.25, 0.3) is 0 Å². The van der Waals surface area contributed by atoms with Gasteiger partial charge in [-0.05, 0) is 44.4 Å². The molecular weight excluding hydrogens is 208 g/mol. The molecule has 0 saturated heterocycles. The van der Waals surface area contributed by atoms with E-state index in [2.05, 4.69) is 21.9 Å². The molecular formula is C10H20N4S. The first-order valence-electron chi connectivity index (χ1n) is 5.47. The molecule has 86 valence electrons. The van der Waals surface area contributed by atoms with E-state index >= 15 is 0 Å². The van der Waals surface area contributed by atoms with Gasteiger partial charge in [0, 0.05) is 12.7 Å². The van der Waals surface area contributed by atoms with Crippen LogP contribution in [0.25, 0.3) is 0 Å². The zero-order valence-electron chi connectivity index (χ0n) is 9.35. The maximum Gasteiger partial charge on any atom is 0.0692 e. The number of aromatic nitrogens is 3. The maximum atomic E-state index is 3.91. The van der Waals surface area contributed by atoms with Crippen LogP contribution in [0.3, 0.4) is 0 Å². The van der Waals surface area contributed by atoms with E-state index in [9.17, 15) is 0 Å². The van der Waals surface area contributed by atoms with Crippen molar-refractivity contribution in [2.45, 2.75) is 25.8 Å². The normalized spacial score (nSPS) is 10.7. The third-order valence-electron chi connectivity index (χ3n) is 2.16. The Balaban J connectivity index is 1.81. The number of nitrogens with zero attached hydrogens (tertiary/aromatic N) is 3. The Hall–Kier alpha value is -0.550. The Labute approximate surface area is 95.8 Å². The van der Waals surface area contributed by atoms with Gasteiger partial charge in [0.1, 0.15) is 0 Å². The van der Waals surface area contributed by atoms with Gasteiger partial charge >= 0.3 is 0 Å². The molecule has 0 aromatic carbocycles. The van der Waals surface area contributed by atoms with Gasteiger partial charge in [-0.3, -0.25) is 4.68 Å². The number of nitrogens with one attached hydrogen (secondary N) is 1. The van der Waals surface area contributed by atoms with E-state index in [0.717, 1.165) is 26.1 Å². The van der Waals surface area contributed by atoms with Crippen molar-refractivity contribution in [2.75, 3.05) is 25.1 Å². The van der Waals surface area contributed by atoms with E-state index in [4.69, 9.17) is 0 Å². The van der Waals surface area contributed by atoms with Crippen molar-refractivity contribution >= 4 is 11.8 Å². The fourth-order valence-electron chi connectivity index (χ4n) is 1.34. The average molecular weight is 228 g/mol. The number of unbranched alkanes of at least 4 members (excludes halogenated alkanes) is 1. The highest BCUT2D eigenvalue weighted by Crippen LogP contribution is 1.97. The van der Waals surface area contributed by atoms with E-state index in [1.807, 2.05) is 22.6 Å². The highest BCUT2D eigenvalue weighted by Gasteiger charge is 1.92. The van der Waals surface area contributed by atoms with Gasteiger partial charge in [-0.1, -0.05) is 5.21 Å². The first-order valence-corrected chi connectivity index (χ1v) is 6.86. The van der Waals surface area contributed by atoms with E-state index in [0.29, 0.717) is 0 Å². The third-order valence-corrected chi connectivity index (χ3v) is 2.86. The summed E-state index contributed by atoms with van der Waals surface area (Å²) in [6.07, 6.45) is 9.49. The highest BCUT2D eigenvalue weighted by atomic mass is 32.2. The fraction of sp³-hybridized carbons (Fsp3) is 0.800. The molecule has 4 nitrogen and oxygen atoms in total. The van der Waals surface area contributed by atoms with Crippen molar-refractivity contribution in [1.29, 1.82) is 0 Å². The molecule has 0 radical (unpaired) electrons. The molecule has 0 amide bonds. The molecule has 1 N–H and O–H groups in total. The quantitative estimate of drug-likeness (QED) is 0.649. The van der Waals surface area contributed by atoms with Crippen LogP contribution in [0.15, 0.2) is 12.4 Å². The zero-order valence-corrected chi connectivity index (χ0v) is 10.2. The number of hydrogen-bond acceptors (Lipinski definition) is 4. The first kappa shape index (κ1) is 12.5. The summed E-state index contributed by atoms with van der Waals surface area (Å²) in [5.41, 5.74) is 0. The van der Waals surface area contributed by atoms with Crippen molar-refractivity contribution in [3.05, 3.63) is 12.4 Å². The number of hydrogen-bond donors (Lipinski definition) is 1. The highest BCUT2D eigenvalue weighted by molar-refractivity contribution is 7.98. The van der Waals surface area contributed by atoms with E-state index < -0.39 is 0 Å². The predicted molar refractivity (Wildman–Crippen MR) is 65.1 cm³/mol. The van der Waals surface area contributed by atoms with Gasteiger partial charge in [-0.15, -0.1) is 5.10 Å². The minimum absolute atomic E-state index is 0.956. The van der Waals surface area contributed by atoms with Crippen LogP contribution in [-0.2, 0) is 6.54 Å². The van der Waals surface area contributed by atoms with Crippen LogP contribution in [0.5, 0.6) is 0 Å². The maximum absolute atomic E-state index is 3.91. The molecule has 0 fully saturated rings. The first-order chi connectivity index (χ1) is 7.43. The molecule has 0 aliphatic rings. The summed E-state index contributed by atoms with van der Waals surface area (Å²) >= 11 is 1.92. The standard InChI is InChI=1S/C10H20N4S/c1-15-10-3-2-5-11-6-4-8-14-9-7-12-13-14/h7,9,11H,2-6,8,10H2,1H3. The van der Waals surface area contributed by atoms with Gasteiger partial charge in [0.15, 0.2) is 0 Å². The second-order valence-electron chi connectivity index (χ2n) is 3.47. The molecule has 0 bridgehead atoms. The van der Waals surface area contributed by atoms with Crippen molar-refractivity contribution < 1.29 is 0 Å². The molecule has 0 saturated carbocycles. The second-order valence-corrected chi connectivity index (χ2v) is 4.46. The Bertz CT molecular complexity index is 225. The summed E-state index contributed by atoms with van der Waals surface area (Å²) in [6, 6.07) is 0. The molecule has 15 heavy (non-hydrogen) atoms. The summed E-state index contributed by atoms with van der Waals surface area (Å²) in [5, 5.41) is 11.1. The van der Waals surface area contributed by atoms with Crippen LogP contribution < -0.4 is 5.32 Å². The zero-order chi connectivity index (χ0) is 10.8. The van der Waals surface area contributed by atoms with E-state index in [1.54, 1.807) is 6.20 Å². The van der Waals surface area contributed by atoms with Crippen LogP contribution in [-0.4, -0.2) is 40.1 Å². The molecule has 0 spiro atoms. The van der Waals surface area contributed by atoms with Crippen LogP contribution in [0.1, 0.15) is 19.3 Å². The molecule has 0 atom stereocenters. The van der Waals surface area contributed by atoms with Gasteiger partial charge in [-0.2, -0.15) is 11.8 Å². The molecule has 5 heteroatoms. The van der Waals surface area contributed by atoms with Gasteiger partial charge < -0.3 is 5.32 Å². The van der Waals surface area contributed by atoms with E-state index in [-0.39, 0.29) is 0 Å². The lowest BCUT2D eigenvalue weighted by atomic mass is 10.3. The molecule has 0 aliphatic carbocycles. The SMILES string of the molecule is CSCCCCNCCCn1ccnn1. The number of thioether (sulfide) groups is 1. The monoisotopic (exact) mass is 228 g/mol. The lowest BCUT2D eigenvalue weighted by molar-refractivity contribution is 0.526. The summed E-state index contributed by atoms with van der Waals surface area (Å²) < 4.78 is 1.87. The Morgan fingerprint density at radius 3 is 2.87 bits per heavy atom. The average Bonchev–Trinajstić information content (AvgIpc) is 2.75. The lowest BCUT2D eigenvalue weighted by Gasteiger charge is -2.04. The Morgan fingerprint density at radius 2 is 2.13 bits per heavy atom. The topological polar surface area (TPSA) is 42.7 Å². The largest absolute Gasteiger partial charge is 0.317 e. The third kappa shape index (κ3) is 6.52. The molecule has 1 heterocycles. The smallest absolute Gasteiger partial charge is 0.0692 e. The summed E-state index contributed by atoms with van der Waals surface area (Å²) in [6.45, 7) is 3.16. The van der Waals surface area contributed by atoms with Crippen molar-refractivity contribution in [1.82, 2.24) is 20.3 Å². The summed E-state index contributed by atoms with van der Waals surface area (Å²) in [4.78, 5) is 0. The number of rotatable bonds is 9. The van der Waals surface area contributed by atoms with Gasteiger partial charge in [0.2, 0.25) is 0 Å². The molecule has 0 aliphatic heterocycles. The second kappa shape index (κ2) is 8.73. The number of aryl methyl sites for hydroxylation is 1. The van der Waals surface area contributed by atoms with Crippen LogP contribution >= 0.6 is 11.8 Å². The lowest BCUT2D eigenvalue weighted by Crippen LogP contribution is -2.18. The predicted octanol–water partition coefficient (Wildman–Crippen LogP) is 1.40. The Kier molecular flexibility index (Phi) is 7.29. The van der Waals surface area contributed by atoms with Gasteiger partial charge in [0.05, 0.1) is 6.20 Å². The molecule has 1 aromatic rings. The fourth-order valence-corrected chi connectivity index (χ4v) is 1.83. The van der Waals surface area contributed by atoms with E-state index in [1.165, 1.54) is 18.6 Å². The summed E-state index contributed by atoms with van der Waals surface area (Å²) in [5.74, 6) is 1.28. The van der Waals surface area contributed by atoms with Crippen LogP contribution in [0, 0.1) is 0 Å². The Morgan fingerprint density at radius 1 is 1.27 bits per heavy atom. The molecule has 1 rings (SSSR count). The minimum Gasteiger partial charge on any atom is -0.317 e. The molecule has 1 aromatic heterocycles. The van der Waals surface area contributed by atoms with Crippen molar-refractivity contribution in [3.63, 3.8) is 0 Å². The van der Waals surface area contributed by atoms with Crippen molar-refractivity contribution in [3.8, 4) is 0 Å². The van der Waals surface area contributed by atoms with Crippen LogP contribution in [0.4, 0.5) is 0 Å². The summed E-state index contributed by atoms with van der Waals surface area (Å²) in [7, 11) is 0. The van der Waals surface area contributed by atoms with Gasteiger partial charge in [-0.25, -0.2) is 0 Å². The minimum atomic E-state index is 0.956. The molecule has 0 unspecified atom stereocenters.